The molecule has 10 heteroatoms. The van der Waals surface area contributed by atoms with Crippen molar-refractivity contribution in [3.8, 4) is 0 Å². The SMILES string of the molecule is Cc1cc(C)cc(S(=O)(=O)c2c(C(=O)Nc3cccc(B(O)O)c3)[nH]c3ccc(Cl)cc23)c1. The second-order valence-corrected chi connectivity index (χ2v) is 10.1. The third kappa shape index (κ3) is 4.53. The van der Waals surface area contributed by atoms with Gasteiger partial charge in [0.2, 0.25) is 9.84 Å². The van der Waals surface area contributed by atoms with Gasteiger partial charge in [-0.3, -0.25) is 4.79 Å². The molecular formula is C23H20BClN2O5S. The number of amides is 1. The summed E-state index contributed by atoms with van der Waals surface area (Å²) in [5.74, 6) is -0.699. The van der Waals surface area contributed by atoms with Gasteiger partial charge in [-0.15, -0.1) is 0 Å². The lowest BCUT2D eigenvalue weighted by Crippen LogP contribution is -2.30. The van der Waals surface area contributed by atoms with Crippen LogP contribution in [-0.4, -0.2) is 36.5 Å². The first-order valence-corrected chi connectivity index (χ1v) is 11.8. The number of rotatable bonds is 5. The number of aromatic nitrogens is 1. The minimum Gasteiger partial charge on any atom is -0.423 e. The maximum absolute atomic E-state index is 13.7. The van der Waals surface area contributed by atoms with Crippen molar-refractivity contribution in [2.75, 3.05) is 5.32 Å². The first-order chi connectivity index (χ1) is 15.6. The van der Waals surface area contributed by atoms with Gasteiger partial charge in [0, 0.05) is 21.6 Å². The molecule has 0 radical (unpaired) electrons. The van der Waals surface area contributed by atoms with Crippen LogP contribution >= 0.6 is 11.6 Å². The topological polar surface area (TPSA) is 119 Å². The third-order valence-electron chi connectivity index (χ3n) is 5.16. The number of benzene rings is 3. The molecule has 0 unspecified atom stereocenters. The van der Waals surface area contributed by atoms with Crippen LogP contribution in [0.4, 0.5) is 5.69 Å². The molecule has 0 aliphatic heterocycles. The second-order valence-electron chi connectivity index (χ2n) is 7.80. The molecule has 0 fully saturated rings. The van der Waals surface area contributed by atoms with E-state index in [0.717, 1.165) is 11.1 Å². The summed E-state index contributed by atoms with van der Waals surface area (Å²) in [7, 11) is -5.81. The molecule has 7 nitrogen and oxygen atoms in total. The molecule has 0 saturated carbocycles. The van der Waals surface area contributed by atoms with E-state index in [9.17, 15) is 23.3 Å². The number of anilines is 1. The number of nitrogens with one attached hydrogen (secondary N) is 2. The first-order valence-electron chi connectivity index (χ1n) is 9.98. The molecule has 33 heavy (non-hydrogen) atoms. The number of hydrogen-bond acceptors (Lipinski definition) is 5. The van der Waals surface area contributed by atoms with Crippen LogP contribution in [-0.2, 0) is 9.84 Å². The lowest BCUT2D eigenvalue weighted by Gasteiger charge is -2.10. The van der Waals surface area contributed by atoms with Gasteiger partial charge in [0.25, 0.3) is 5.91 Å². The average molecular weight is 483 g/mol. The molecule has 0 saturated heterocycles. The largest absolute Gasteiger partial charge is 0.488 e. The zero-order valence-electron chi connectivity index (χ0n) is 17.8. The fourth-order valence-electron chi connectivity index (χ4n) is 3.75. The number of carbonyl (C=O) groups excluding carboxylic acids is 1. The Balaban J connectivity index is 1.88. The van der Waals surface area contributed by atoms with E-state index in [4.69, 9.17) is 11.6 Å². The Hall–Kier alpha value is -3.11. The standard InChI is InChI=1S/C23H20BClN2O5S/c1-13-8-14(2)10-18(9-13)33(31,32)22-19-12-16(25)6-7-20(19)27-21(22)23(28)26-17-5-3-4-15(11-17)24(29)30/h3-12,27,29-30H,1-2H3,(H,26,28). The van der Waals surface area contributed by atoms with E-state index in [1.165, 1.54) is 18.2 Å². The van der Waals surface area contributed by atoms with Gasteiger partial charge in [-0.05, 0) is 72.9 Å². The van der Waals surface area contributed by atoms with Crippen LogP contribution in [0.25, 0.3) is 10.9 Å². The van der Waals surface area contributed by atoms with E-state index < -0.39 is 22.9 Å². The van der Waals surface area contributed by atoms with Gasteiger partial charge in [0.05, 0.1) is 4.90 Å². The first kappa shape index (κ1) is 23.1. The summed E-state index contributed by atoms with van der Waals surface area (Å²) in [5, 5.41) is 22.0. The van der Waals surface area contributed by atoms with Crippen molar-refractivity contribution in [1.82, 2.24) is 4.98 Å². The maximum Gasteiger partial charge on any atom is 0.488 e. The number of sulfone groups is 1. The third-order valence-corrected chi connectivity index (χ3v) is 7.21. The molecule has 0 aliphatic rings. The van der Waals surface area contributed by atoms with Gasteiger partial charge in [0.15, 0.2) is 0 Å². The number of fused-ring (bicyclic) bond motifs is 1. The fourth-order valence-corrected chi connectivity index (χ4v) is 5.72. The monoisotopic (exact) mass is 482 g/mol. The Morgan fingerprint density at radius 3 is 2.36 bits per heavy atom. The fraction of sp³-hybridized carbons (Fsp3) is 0.0870. The Kier molecular flexibility index (Phi) is 6.07. The van der Waals surface area contributed by atoms with Crippen molar-refractivity contribution < 1.29 is 23.3 Å². The summed E-state index contributed by atoms with van der Waals surface area (Å²) in [6.45, 7) is 3.60. The minimum atomic E-state index is -4.10. The number of aromatic amines is 1. The van der Waals surface area contributed by atoms with Crippen molar-refractivity contribution in [2.45, 2.75) is 23.6 Å². The quantitative estimate of drug-likeness (QED) is 0.326. The highest BCUT2D eigenvalue weighted by molar-refractivity contribution is 7.91. The van der Waals surface area contributed by atoms with E-state index in [1.807, 2.05) is 6.07 Å². The van der Waals surface area contributed by atoms with E-state index in [2.05, 4.69) is 10.3 Å². The predicted molar refractivity (Wildman–Crippen MR) is 129 cm³/mol. The van der Waals surface area contributed by atoms with Crippen LogP contribution in [0.1, 0.15) is 21.6 Å². The lowest BCUT2D eigenvalue weighted by atomic mass is 9.80. The maximum atomic E-state index is 13.7. The summed E-state index contributed by atoms with van der Waals surface area (Å²) in [4.78, 5) is 16.0. The van der Waals surface area contributed by atoms with Crippen molar-refractivity contribution in [3.05, 3.63) is 82.5 Å². The molecule has 4 rings (SSSR count). The smallest absolute Gasteiger partial charge is 0.423 e. The van der Waals surface area contributed by atoms with Crippen molar-refractivity contribution in [2.24, 2.45) is 0 Å². The van der Waals surface area contributed by atoms with Crippen LogP contribution in [0.5, 0.6) is 0 Å². The van der Waals surface area contributed by atoms with E-state index in [-0.39, 0.29) is 26.6 Å². The van der Waals surface area contributed by atoms with Crippen molar-refractivity contribution >= 4 is 56.5 Å². The number of H-pyrrole nitrogens is 1. The molecule has 0 bridgehead atoms. The normalized spacial score (nSPS) is 11.5. The Bertz CT molecular complexity index is 1480. The summed E-state index contributed by atoms with van der Waals surface area (Å²) < 4.78 is 27.5. The van der Waals surface area contributed by atoms with Crippen LogP contribution < -0.4 is 10.8 Å². The molecule has 4 aromatic rings. The predicted octanol–water partition coefficient (Wildman–Crippen LogP) is 3.20. The molecular weight excluding hydrogens is 463 g/mol. The summed E-state index contributed by atoms with van der Waals surface area (Å²) >= 11 is 6.15. The zero-order chi connectivity index (χ0) is 23.9. The number of hydrogen-bond donors (Lipinski definition) is 4. The molecule has 1 amide bonds. The highest BCUT2D eigenvalue weighted by Crippen LogP contribution is 2.34. The van der Waals surface area contributed by atoms with Gasteiger partial charge in [-0.1, -0.05) is 29.8 Å². The lowest BCUT2D eigenvalue weighted by molar-refractivity contribution is 0.102. The van der Waals surface area contributed by atoms with Crippen molar-refractivity contribution in [1.29, 1.82) is 0 Å². The molecule has 0 spiro atoms. The summed E-state index contributed by atoms with van der Waals surface area (Å²) in [6, 6.07) is 15.7. The summed E-state index contributed by atoms with van der Waals surface area (Å²) in [5.41, 5.74) is 2.29. The zero-order valence-corrected chi connectivity index (χ0v) is 19.3. The second kappa shape index (κ2) is 8.68. The molecule has 0 atom stereocenters. The van der Waals surface area contributed by atoms with E-state index >= 15 is 0 Å². The Morgan fingerprint density at radius 2 is 1.70 bits per heavy atom. The molecule has 4 N–H and O–H groups in total. The van der Waals surface area contributed by atoms with Crippen LogP contribution in [0.3, 0.4) is 0 Å². The Labute approximate surface area is 196 Å². The molecule has 0 aliphatic carbocycles. The van der Waals surface area contributed by atoms with Gasteiger partial charge in [0.1, 0.15) is 10.6 Å². The number of aryl methyl sites for hydroxylation is 2. The highest BCUT2D eigenvalue weighted by atomic mass is 35.5. The van der Waals surface area contributed by atoms with E-state index in [0.29, 0.717) is 15.9 Å². The Morgan fingerprint density at radius 1 is 1.00 bits per heavy atom. The van der Waals surface area contributed by atoms with E-state index in [1.54, 1.807) is 50.2 Å². The van der Waals surface area contributed by atoms with Crippen molar-refractivity contribution in [3.63, 3.8) is 0 Å². The van der Waals surface area contributed by atoms with Gasteiger partial charge >= 0.3 is 7.12 Å². The average Bonchev–Trinajstić information content (AvgIpc) is 3.12. The number of halogens is 1. The van der Waals surface area contributed by atoms with Gasteiger partial charge in [-0.2, -0.15) is 0 Å². The molecule has 1 aromatic heterocycles. The summed E-state index contributed by atoms with van der Waals surface area (Å²) in [6.07, 6.45) is 0. The number of carbonyl (C=O) groups is 1. The minimum absolute atomic E-state index is 0.0697. The van der Waals surface area contributed by atoms with Gasteiger partial charge < -0.3 is 20.3 Å². The highest BCUT2D eigenvalue weighted by Gasteiger charge is 2.30. The molecule has 3 aromatic carbocycles. The van der Waals surface area contributed by atoms with Crippen LogP contribution in [0, 0.1) is 13.8 Å². The van der Waals surface area contributed by atoms with Crippen LogP contribution in [0.2, 0.25) is 5.02 Å². The van der Waals surface area contributed by atoms with Crippen LogP contribution in [0.15, 0.2) is 70.5 Å². The molecule has 168 valence electrons. The van der Waals surface area contributed by atoms with Gasteiger partial charge in [-0.25, -0.2) is 8.42 Å². The molecule has 1 heterocycles.